The molecular formula is C19H22O3. The molecule has 3 heteroatoms. The van der Waals surface area contributed by atoms with Gasteiger partial charge in [0.2, 0.25) is 0 Å². The van der Waals surface area contributed by atoms with Crippen LogP contribution in [-0.4, -0.2) is 17.2 Å². The molecule has 22 heavy (non-hydrogen) atoms. The van der Waals surface area contributed by atoms with E-state index >= 15 is 0 Å². The monoisotopic (exact) mass is 298 g/mol. The van der Waals surface area contributed by atoms with Gasteiger partial charge in [0.15, 0.2) is 6.10 Å². The quantitative estimate of drug-likeness (QED) is 0.907. The molecule has 0 aliphatic heterocycles. The van der Waals surface area contributed by atoms with E-state index < -0.39 is 12.1 Å². The van der Waals surface area contributed by atoms with Gasteiger partial charge in [-0.05, 0) is 67.6 Å². The molecule has 0 fully saturated rings. The molecule has 0 saturated heterocycles. The molecule has 0 aromatic heterocycles. The molecule has 2 aromatic rings. The lowest BCUT2D eigenvalue weighted by Crippen LogP contribution is -2.29. The van der Waals surface area contributed by atoms with Crippen LogP contribution in [0.5, 0.6) is 5.75 Å². The molecule has 2 rings (SSSR count). The average Bonchev–Trinajstić information content (AvgIpc) is 2.41. The van der Waals surface area contributed by atoms with Gasteiger partial charge in [-0.25, -0.2) is 4.79 Å². The Morgan fingerprint density at radius 1 is 1.09 bits per heavy atom. The number of hydrogen-bond donors (Lipinski definition) is 1. The van der Waals surface area contributed by atoms with Crippen LogP contribution in [0.3, 0.4) is 0 Å². The van der Waals surface area contributed by atoms with E-state index in [9.17, 15) is 9.90 Å². The Morgan fingerprint density at radius 2 is 1.73 bits per heavy atom. The van der Waals surface area contributed by atoms with Crippen molar-refractivity contribution in [2.45, 2.75) is 40.2 Å². The molecule has 1 unspecified atom stereocenters. The first-order valence-corrected chi connectivity index (χ1v) is 7.39. The van der Waals surface area contributed by atoms with E-state index in [0.717, 1.165) is 27.8 Å². The first kappa shape index (κ1) is 16.1. The Morgan fingerprint density at radius 3 is 2.32 bits per heavy atom. The van der Waals surface area contributed by atoms with Gasteiger partial charge in [0.25, 0.3) is 0 Å². The van der Waals surface area contributed by atoms with Crippen LogP contribution in [0.4, 0.5) is 0 Å². The molecule has 0 radical (unpaired) electrons. The summed E-state index contributed by atoms with van der Waals surface area (Å²) in [5.74, 6) is -0.338. The van der Waals surface area contributed by atoms with E-state index in [-0.39, 0.29) is 0 Å². The Balaban J connectivity index is 2.23. The molecule has 3 nitrogen and oxygen atoms in total. The second-order valence-electron chi connectivity index (χ2n) is 5.83. The second kappa shape index (κ2) is 6.65. The minimum atomic E-state index is -0.944. The summed E-state index contributed by atoms with van der Waals surface area (Å²) < 4.78 is 5.74. The van der Waals surface area contributed by atoms with Crippen LogP contribution in [-0.2, 0) is 11.2 Å². The Labute approximate surface area is 131 Å². The van der Waals surface area contributed by atoms with Crippen LogP contribution in [0, 0.1) is 27.7 Å². The standard InChI is InChI=1S/C19H22O3/c1-12-8-13(2)10-17(9-12)22-18(19(20)21)11-16-7-5-6-14(3)15(16)4/h5-10,18H,11H2,1-4H3,(H,20,21). The number of carbonyl (C=O) groups is 1. The zero-order valence-corrected chi connectivity index (χ0v) is 13.5. The first-order chi connectivity index (χ1) is 10.4. The summed E-state index contributed by atoms with van der Waals surface area (Å²) in [6.45, 7) is 7.99. The van der Waals surface area contributed by atoms with Crippen molar-refractivity contribution < 1.29 is 14.6 Å². The topological polar surface area (TPSA) is 46.5 Å². The number of ether oxygens (including phenoxy) is 1. The zero-order chi connectivity index (χ0) is 16.3. The van der Waals surface area contributed by atoms with E-state index in [2.05, 4.69) is 0 Å². The molecule has 1 atom stereocenters. The predicted octanol–water partition coefficient (Wildman–Crippen LogP) is 3.99. The van der Waals surface area contributed by atoms with Crippen molar-refractivity contribution in [2.75, 3.05) is 0 Å². The minimum Gasteiger partial charge on any atom is -0.478 e. The summed E-state index contributed by atoms with van der Waals surface area (Å²) in [7, 11) is 0. The maximum absolute atomic E-state index is 11.5. The van der Waals surface area contributed by atoms with E-state index in [1.165, 1.54) is 0 Å². The maximum Gasteiger partial charge on any atom is 0.345 e. The lowest BCUT2D eigenvalue weighted by molar-refractivity contribution is -0.145. The van der Waals surface area contributed by atoms with Gasteiger partial charge in [0.05, 0.1) is 0 Å². The summed E-state index contributed by atoms with van der Waals surface area (Å²) in [4.78, 5) is 11.5. The molecule has 0 spiro atoms. The third-order valence-corrected chi connectivity index (χ3v) is 3.87. The number of rotatable bonds is 5. The van der Waals surface area contributed by atoms with E-state index in [1.807, 2.05) is 64.1 Å². The number of carboxylic acids is 1. The maximum atomic E-state index is 11.5. The van der Waals surface area contributed by atoms with Gasteiger partial charge in [-0.1, -0.05) is 24.3 Å². The van der Waals surface area contributed by atoms with Crippen molar-refractivity contribution >= 4 is 5.97 Å². The molecular weight excluding hydrogens is 276 g/mol. The third-order valence-electron chi connectivity index (χ3n) is 3.87. The fraction of sp³-hybridized carbons (Fsp3) is 0.316. The second-order valence-corrected chi connectivity index (χ2v) is 5.83. The summed E-state index contributed by atoms with van der Waals surface area (Å²) in [5.41, 5.74) is 5.42. The highest BCUT2D eigenvalue weighted by atomic mass is 16.5. The van der Waals surface area contributed by atoms with Gasteiger partial charge in [-0.15, -0.1) is 0 Å². The van der Waals surface area contributed by atoms with Crippen LogP contribution < -0.4 is 4.74 Å². The molecule has 2 aromatic carbocycles. The molecule has 0 aliphatic rings. The molecule has 0 aliphatic carbocycles. The highest BCUT2D eigenvalue weighted by molar-refractivity contribution is 5.73. The van der Waals surface area contributed by atoms with E-state index in [0.29, 0.717) is 12.2 Å². The zero-order valence-electron chi connectivity index (χ0n) is 13.5. The molecule has 0 saturated carbocycles. The molecule has 0 bridgehead atoms. The van der Waals surface area contributed by atoms with Crippen LogP contribution in [0.2, 0.25) is 0 Å². The highest BCUT2D eigenvalue weighted by Gasteiger charge is 2.21. The van der Waals surface area contributed by atoms with Crippen molar-refractivity contribution in [3.05, 3.63) is 64.2 Å². The molecule has 0 amide bonds. The van der Waals surface area contributed by atoms with Crippen LogP contribution in [0.25, 0.3) is 0 Å². The first-order valence-electron chi connectivity index (χ1n) is 7.39. The number of carboxylic acid groups (broad SMARTS) is 1. The Bertz CT molecular complexity index is 669. The molecule has 0 heterocycles. The van der Waals surface area contributed by atoms with Gasteiger partial charge in [-0.3, -0.25) is 0 Å². The fourth-order valence-electron chi connectivity index (χ4n) is 2.58. The normalized spacial score (nSPS) is 12.0. The van der Waals surface area contributed by atoms with Crippen LogP contribution in [0.1, 0.15) is 27.8 Å². The smallest absolute Gasteiger partial charge is 0.345 e. The van der Waals surface area contributed by atoms with Gasteiger partial charge in [-0.2, -0.15) is 0 Å². The fourth-order valence-corrected chi connectivity index (χ4v) is 2.58. The highest BCUT2D eigenvalue weighted by Crippen LogP contribution is 2.21. The lowest BCUT2D eigenvalue weighted by atomic mass is 9.98. The van der Waals surface area contributed by atoms with Crippen molar-refractivity contribution in [3.63, 3.8) is 0 Å². The van der Waals surface area contributed by atoms with E-state index in [4.69, 9.17) is 4.74 Å². The lowest BCUT2D eigenvalue weighted by Gasteiger charge is -2.18. The third kappa shape index (κ3) is 3.88. The molecule has 1 N–H and O–H groups in total. The largest absolute Gasteiger partial charge is 0.478 e. The van der Waals surface area contributed by atoms with Crippen molar-refractivity contribution in [2.24, 2.45) is 0 Å². The van der Waals surface area contributed by atoms with Gasteiger partial charge in [0.1, 0.15) is 5.75 Å². The van der Waals surface area contributed by atoms with Crippen LogP contribution >= 0.6 is 0 Å². The van der Waals surface area contributed by atoms with Crippen molar-refractivity contribution in [1.29, 1.82) is 0 Å². The number of aliphatic carboxylic acids is 1. The van der Waals surface area contributed by atoms with E-state index in [1.54, 1.807) is 0 Å². The summed E-state index contributed by atoms with van der Waals surface area (Å²) >= 11 is 0. The van der Waals surface area contributed by atoms with Crippen LogP contribution in [0.15, 0.2) is 36.4 Å². The number of benzene rings is 2. The number of hydrogen-bond acceptors (Lipinski definition) is 2. The van der Waals surface area contributed by atoms with Gasteiger partial charge < -0.3 is 9.84 Å². The van der Waals surface area contributed by atoms with Gasteiger partial charge in [0, 0.05) is 6.42 Å². The number of aryl methyl sites for hydroxylation is 3. The summed E-state index contributed by atoms with van der Waals surface area (Å²) in [5, 5.41) is 9.47. The van der Waals surface area contributed by atoms with Crippen molar-refractivity contribution in [3.8, 4) is 5.75 Å². The summed E-state index contributed by atoms with van der Waals surface area (Å²) in [6.07, 6.45) is -0.530. The van der Waals surface area contributed by atoms with Crippen molar-refractivity contribution in [1.82, 2.24) is 0 Å². The SMILES string of the molecule is Cc1cc(C)cc(OC(Cc2cccc(C)c2C)C(=O)O)c1. The Kier molecular flexibility index (Phi) is 4.86. The predicted molar refractivity (Wildman–Crippen MR) is 87.6 cm³/mol. The average molecular weight is 298 g/mol. The molecule has 116 valence electrons. The minimum absolute atomic E-state index is 0.357. The summed E-state index contributed by atoms with van der Waals surface area (Å²) in [6, 6.07) is 11.7. The van der Waals surface area contributed by atoms with Gasteiger partial charge >= 0.3 is 5.97 Å². The Hall–Kier alpha value is -2.29.